The van der Waals surface area contributed by atoms with E-state index in [4.69, 9.17) is 5.73 Å². The molecule has 0 spiro atoms. The number of nitrogens with two attached hydrogens (primary N) is 1. The lowest BCUT2D eigenvalue weighted by molar-refractivity contribution is -0.127. The molecule has 1 aliphatic carbocycles. The van der Waals surface area contributed by atoms with E-state index in [0.717, 1.165) is 17.8 Å². The van der Waals surface area contributed by atoms with Gasteiger partial charge in [-0.2, -0.15) is 0 Å². The summed E-state index contributed by atoms with van der Waals surface area (Å²) in [7, 11) is 0. The van der Waals surface area contributed by atoms with Crippen LogP contribution in [-0.2, 0) is 4.79 Å². The third-order valence-corrected chi connectivity index (χ3v) is 4.04. The third-order valence-electron chi connectivity index (χ3n) is 3.08. The molecule has 1 aromatic heterocycles. The molecule has 1 saturated carbocycles. The van der Waals surface area contributed by atoms with Crippen LogP contribution in [0.1, 0.15) is 37.7 Å². The Kier molecular flexibility index (Phi) is 2.99. The topological polar surface area (TPSA) is 68.0 Å². The first-order valence-electron chi connectivity index (χ1n) is 5.51. The van der Waals surface area contributed by atoms with Crippen molar-refractivity contribution in [2.75, 3.05) is 0 Å². The Morgan fingerprint density at radius 2 is 2.44 bits per heavy atom. The van der Waals surface area contributed by atoms with Crippen LogP contribution in [0.3, 0.4) is 0 Å². The highest BCUT2D eigenvalue weighted by Gasteiger charge is 2.44. The highest BCUT2D eigenvalue weighted by Crippen LogP contribution is 2.38. The predicted octanol–water partition coefficient (Wildman–Crippen LogP) is 1.45. The summed E-state index contributed by atoms with van der Waals surface area (Å²) in [6.45, 7) is 3.74. The fraction of sp³-hybridized carbons (Fsp3) is 0.636. The molecule has 2 atom stereocenters. The van der Waals surface area contributed by atoms with Crippen LogP contribution in [0.5, 0.6) is 0 Å². The van der Waals surface area contributed by atoms with Gasteiger partial charge in [0.15, 0.2) is 0 Å². The van der Waals surface area contributed by atoms with Crippen LogP contribution in [0, 0.1) is 5.92 Å². The van der Waals surface area contributed by atoms with Gasteiger partial charge in [0.2, 0.25) is 5.91 Å². The molecule has 88 valence electrons. The van der Waals surface area contributed by atoms with Crippen molar-refractivity contribution in [3.63, 3.8) is 0 Å². The molecule has 2 rings (SSSR count). The van der Waals surface area contributed by atoms with Gasteiger partial charge in [-0.15, -0.1) is 11.3 Å². The molecule has 0 bridgehead atoms. The van der Waals surface area contributed by atoms with Gasteiger partial charge in [-0.05, 0) is 32.6 Å². The minimum atomic E-state index is -0.731. The molecule has 4 nitrogen and oxygen atoms in total. The molecule has 3 N–H and O–H groups in total. The van der Waals surface area contributed by atoms with Crippen LogP contribution < -0.4 is 11.1 Å². The van der Waals surface area contributed by atoms with E-state index in [0.29, 0.717) is 5.92 Å². The Hall–Kier alpha value is -0.940. The number of amides is 1. The summed E-state index contributed by atoms with van der Waals surface area (Å²) in [6.07, 6.45) is 3.86. The maximum absolute atomic E-state index is 12.0. The number of nitrogens with one attached hydrogen (secondary N) is 1. The summed E-state index contributed by atoms with van der Waals surface area (Å²) in [5, 5.41) is 5.75. The van der Waals surface area contributed by atoms with Crippen molar-refractivity contribution in [3.8, 4) is 0 Å². The van der Waals surface area contributed by atoms with E-state index in [2.05, 4.69) is 10.3 Å². The number of hydrogen-bond acceptors (Lipinski definition) is 4. The second-order valence-corrected chi connectivity index (χ2v) is 5.55. The quantitative estimate of drug-likeness (QED) is 0.835. The van der Waals surface area contributed by atoms with Crippen molar-refractivity contribution >= 4 is 17.2 Å². The second kappa shape index (κ2) is 4.14. The summed E-state index contributed by atoms with van der Waals surface area (Å²) in [4.78, 5) is 16.2. The lowest BCUT2D eigenvalue weighted by atomic mass is 9.96. The largest absolute Gasteiger partial charge is 0.346 e. The Balaban J connectivity index is 1.97. The van der Waals surface area contributed by atoms with Gasteiger partial charge in [0.25, 0.3) is 0 Å². The summed E-state index contributed by atoms with van der Waals surface area (Å²) in [6, 6.07) is -0.0610. The first kappa shape index (κ1) is 11.5. The van der Waals surface area contributed by atoms with Gasteiger partial charge in [0.05, 0.1) is 11.6 Å². The molecule has 0 aromatic carbocycles. The number of rotatable bonds is 4. The molecule has 5 heteroatoms. The number of carbonyl (C=O) groups excluding carboxylic acids is 1. The number of thiazole rings is 1. The SMILES string of the molecule is CC(NC(=O)C(C)(N)C1CC1)c1nccs1. The van der Waals surface area contributed by atoms with Crippen LogP contribution in [-0.4, -0.2) is 16.4 Å². The summed E-state index contributed by atoms with van der Waals surface area (Å²) >= 11 is 1.54. The van der Waals surface area contributed by atoms with E-state index in [1.54, 1.807) is 17.5 Å². The Morgan fingerprint density at radius 1 is 1.75 bits per heavy atom. The molecule has 1 fully saturated rings. The van der Waals surface area contributed by atoms with E-state index >= 15 is 0 Å². The maximum atomic E-state index is 12.0. The summed E-state index contributed by atoms with van der Waals surface area (Å²) < 4.78 is 0. The molecular weight excluding hydrogens is 222 g/mol. The highest BCUT2D eigenvalue weighted by atomic mass is 32.1. The van der Waals surface area contributed by atoms with Crippen LogP contribution in [0.4, 0.5) is 0 Å². The number of hydrogen-bond donors (Lipinski definition) is 2. The lowest BCUT2D eigenvalue weighted by Gasteiger charge is -2.25. The molecule has 0 radical (unpaired) electrons. The van der Waals surface area contributed by atoms with Gasteiger partial charge in [-0.1, -0.05) is 0 Å². The number of carbonyl (C=O) groups is 1. The average Bonchev–Trinajstić information content (AvgIpc) is 2.95. The van der Waals surface area contributed by atoms with Crippen molar-refractivity contribution in [3.05, 3.63) is 16.6 Å². The Labute approximate surface area is 99.3 Å². The van der Waals surface area contributed by atoms with Crippen LogP contribution in [0.15, 0.2) is 11.6 Å². The standard InChI is InChI=1S/C11H17N3OS/c1-7(9-13-5-6-16-9)14-10(15)11(2,12)8-3-4-8/h5-8H,3-4,12H2,1-2H3,(H,14,15). The number of nitrogens with zero attached hydrogens (tertiary/aromatic N) is 1. The fourth-order valence-electron chi connectivity index (χ4n) is 1.73. The zero-order chi connectivity index (χ0) is 11.8. The van der Waals surface area contributed by atoms with Crippen molar-refractivity contribution in [2.45, 2.75) is 38.3 Å². The summed E-state index contributed by atoms with van der Waals surface area (Å²) in [5.41, 5.74) is 5.31. The van der Waals surface area contributed by atoms with Gasteiger partial charge in [-0.3, -0.25) is 4.79 Å². The first-order valence-corrected chi connectivity index (χ1v) is 6.39. The Morgan fingerprint density at radius 3 is 2.94 bits per heavy atom. The maximum Gasteiger partial charge on any atom is 0.240 e. The zero-order valence-corrected chi connectivity index (χ0v) is 10.4. The third kappa shape index (κ3) is 2.25. The number of aromatic nitrogens is 1. The fourth-order valence-corrected chi connectivity index (χ4v) is 2.38. The molecule has 0 saturated heterocycles. The summed E-state index contributed by atoms with van der Waals surface area (Å²) in [5.74, 6) is 0.272. The monoisotopic (exact) mass is 239 g/mol. The van der Waals surface area contributed by atoms with Gasteiger partial charge in [-0.25, -0.2) is 4.98 Å². The van der Waals surface area contributed by atoms with E-state index in [1.807, 2.05) is 19.2 Å². The smallest absolute Gasteiger partial charge is 0.240 e. The molecule has 1 heterocycles. The predicted molar refractivity (Wildman–Crippen MR) is 64.0 cm³/mol. The minimum absolute atomic E-state index is 0.0610. The molecule has 1 aromatic rings. The van der Waals surface area contributed by atoms with Crippen LogP contribution >= 0.6 is 11.3 Å². The first-order chi connectivity index (χ1) is 7.51. The highest BCUT2D eigenvalue weighted by molar-refractivity contribution is 7.09. The van der Waals surface area contributed by atoms with Crippen LogP contribution in [0.2, 0.25) is 0 Å². The minimum Gasteiger partial charge on any atom is -0.346 e. The van der Waals surface area contributed by atoms with E-state index in [1.165, 1.54) is 0 Å². The Bertz CT molecular complexity index is 371. The van der Waals surface area contributed by atoms with Crippen molar-refractivity contribution < 1.29 is 4.79 Å². The molecule has 1 amide bonds. The van der Waals surface area contributed by atoms with Crippen molar-refractivity contribution in [1.82, 2.24) is 10.3 Å². The molecule has 1 aliphatic rings. The van der Waals surface area contributed by atoms with E-state index < -0.39 is 5.54 Å². The molecule has 2 unspecified atom stereocenters. The van der Waals surface area contributed by atoms with Gasteiger partial charge in [0.1, 0.15) is 5.01 Å². The normalized spacial score (nSPS) is 21.2. The van der Waals surface area contributed by atoms with Gasteiger partial charge >= 0.3 is 0 Å². The second-order valence-electron chi connectivity index (χ2n) is 4.62. The van der Waals surface area contributed by atoms with Crippen molar-refractivity contribution in [1.29, 1.82) is 0 Å². The molecule has 16 heavy (non-hydrogen) atoms. The molecular formula is C11H17N3OS. The van der Waals surface area contributed by atoms with E-state index in [9.17, 15) is 4.79 Å². The van der Waals surface area contributed by atoms with Gasteiger partial charge in [0, 0.05) is 11.6 Å². The van der Waals surface area contributed by atoms with Gasteiger partial charge < -0.3 is 11.1 Å². The van der Waals surface area contributed by atoms with E-state index in [-0.39, 0.29) is 11.9 Å². The van der Waals surface area contributed by atoms with Crippen LogP contribution in [0.25, 0.3) is 0 Å². The van der Waals surface area contributed by atoms with Crippen molar-refractivity contribution in [2.24, 2.45) is 11.7 Å². The zero-order valence-electron chi connectivity index (χ0n) is 9.56. The lowest BCUT2D eigenvalue weighted by Crippen LogP contribution is -2.53. The average molecular weight is 239 g/mol. The molecule has 0 aliphatic heterocycles.